The highest BCUT2D eigenvalue weighted by Gasteiger charge is 2.17. The first-order chi connectivity index (χ1) is 10.2. The van der Waals surface area contributed by atoms with Gasteiger partial charge in [0.15, 0.2) is 0 Å². The number of nitrogens with zero attached hydrogens (tertiary/aromatic N) is 1. The van der Waals surface area contributed by atoms with E-state index in [9.17, 15) is 4.79 Å². The maximum Gasteiger partial charge on any atom is 0.341 e. The minimum atomic E-state index is -0.383. The van der Waals surface area contributed by atoms with E-state index in [1.807, 2.05) is 18.2 Å². The van der Waals surface area contributed by atoms with Crippen molar-refractivity contribution in [1.82, 2.24) is 4.90 Å². The topological polar surface area (TPSA) is 68.7 Å². The number of esters is 1. The number of carbonyl (C=O) groups excluding carboxylic acids is 1. The lowest BCUT2D eigenvalue weighted by molar-refractivity contribution is 0.0596. The predicted molar refractivity (Wildman–Crippen MR) is 79.7 cm³/mol. The van der Waals surface area contributed by atoms with Gasteiger partial charge in [0.05, 0.1) is 19.9 Å². The molecule has 2 N–H and O–H groups in total. The van der Waals surface area contributed by atoms with Crippen molar-refractivity contribution in [3.05, 3.63) is 59.5 Å². The molecule has 1 aromatic carbocycles. The number of rotatable bonds is 7. The summed E-state index contributed by atoms with van der Waals surface area (Å²) in [5.74, 6) is 0.220. The Morgan fingerprint density at radius 2 is 2.00 bits per heavy atom. The molecule has 0 radical (unpaired) electrons. The Kier molecular flexibility index (Phi) is 5.54. The normalized spacial score (nSPS) is 10.8. The molecule has 0 fully saturated rings. The smallest absolute Gasteiger partial charge is 0.341 e. The van der Waals surface area contributed by atoms with Crippen molar-refractivity contribution in [3.8, 4) is 0 Å². The van der Waals surface area contributed by atoms with Gasteiger partial charge < -0.3 is 14.9 Å². The van der Waals surface area contributed by atoms with Gasteiger partial charge in [0.1, 0.15) is 11.3 Å². The first kappa shape index (κ1) is 15.3. The molecule has 2 aromatic rings. The summed E-state index contributed by atoms with van der Waals surface area (Å²) in [7, 11) is 1.36. The zero-order chi connectivity index (χ0) is 15.1. The Morgan fingerprint density at radius 3 is 2.67 bits per heavy atom. The number of methoxy groups -OCH3 is 1. The van der Waals surface area contributed by atoms with Gasteiger partial charge in [-0.25, -0.2) is 4.79 Å². The fraction of sp³-hybridized carbons (Fsp3) is 0.312. The van der Waals surface area contributed by atoms with Gasteiger partial charge in [-0.15, -0.1) is 0 Å². The summed E-state index contributed by atoms with van der Waals surface area (Å²) in [6, 6.07) is 11.7. The van der Waals surface area contributed by atoms with Crippen LogP contribution in [0.2, 0.25) is 0 Å². The molecule has 5 nitrogen and oxygen atoms in total. The van der Waals surface area contributed by atoms with Crippen molar-refractivity contribution < 1.29 is 13.9 Å². The summed E-state index contributed by atoms with van der Waals surface area (Å²) >= 11 is 0. The molecular weight excluding hydrogens is 268 g/mol. The van der Waals surface area contributed by atoms with Gasteiger partial charge in [-0.2, -0.15) is 0 Å². The van der Waals surface area contributed by atoms with E-state index in [1.54, 1.807) is 6.07 Å². The summed E-state index contributed by atoms with van der Waals surface area (Å²) < 4.78 is 10.2. The lowest BCUT2D eigenvalue weighted by atomic mass is 10.2. The summed E-state index contributed by atoms with van der Waals surface area (Å²) in [4.78, 5) is 13.8. The molecule has 112 valence electrons. The van der Waals surface area contributed by atoms with Crippen molar-refractivity contribution in [2.75, 3.05) is 20.2 Å². The van der Waals surface area contributed by atoms with Crippen LogP contribution in [0, 0.1) is 0 Å². The standard InChI is InChI=1S/C16H20N2O3/c1-20-16(19)14-7-10-21-15(14)12-18(9-8-17)11-13-5-3-2-4-6-13/h2-7,10H,8-9,11-12,17H2,1H3. The van der Waals surface area contributed by atoms with Crippen LogP contribution in [0.4, 0.5) is 0 Å². The van der Waals surface area contributed by atoms with E-state index in [2.05, 4.69) is 17.0 Å². The average Bonchev–Trinajstić information content (AvgIpc) is 2.96. The Hall–Kier alpha value is -2.11. The Balaban J connectivity index is 2.09. The lowest BCUT2D eigenvalue weighted by Gasteiger charge is -2.21. The highest BCUT2D eigenvalue weighted by molar-refractivity contribution is 5.90. The highest BCUT2D eigenvalue weighted by atomic mass is 16.5. The van der Waals surface area contributed by atoms with Crippen LogP contribution in [0.25, 0.3) is 0 Å². The van der Waals surface area contributed by atoms with Crippen molar-refractivity contribution in [2.45, 2.75) is 13.1 Å². The third kappa shape index (κ3) is 4.18. The molecule has 5 heteroatoms. The van der Waals surface area contributed by atoms with Crippen LogP contribution < -0.4 is 5.73 Å². The second-order valence-corrected chi connectivity index (χ2v) is 4.73. The van der Waals surface area contributed by atoms with E-state index in [4.69, 9.17) is 14.9 Å². The van der Waals surface area contributed by atoms with E-state index in [-0.39, 0.29) is 5.97 Å². The van der Waals surface area contributed by atoms with Crippen LogP contribution in [0.1, 0.15) is 21.7 Å². The molecule has 0 spiro atoms. The number of nitrogens with two attached hydrogens (primary N) is 1. The van der Waals surface area contributed by atoms with Gasteiger partial charge in [0.25, 0.3) is 0 Å². The molecular formula is C16H20N2O3. The molecule has 0 unspecified atom stereocenters. The van der Waals surface area contributed by atoms with E-state index in [0.717, 1.165) is 13.1 Å². The third-order valence-electron chi connectivity index (χ3n) is 3.21. The number of furan rings is 1. The number of ether oxygens (including phenoxy) is 1. The lowest BCUT2D eigenvalue weighted by Crippen LogP contribution is -2.29. The van der Waals surface area contributed by atoms with Gasteiger partial charge in [0, 0.05) is 19.6 Å². The van der Waals surface area contributed by atoms with E-state index in [0.29, 0.717) is 24.4 Å². The maximum absolute atomic E-state index is 11.7. The minimum Gasteiger partial charge on any atom is -0.467 e. The number of hydrogen-bond acceptors (Lipinski definition) is 5. The second kappa shape index (κ2) is 7.61. The quantitative estimate of drug-likeness (QED) is 0.789. The number of hydrogen-bond donors (Lipinski definition) is 1. The molecule has 0 saturated heterocycles. The van der Waals surface area contributed by atoms with Crippen LogP contribution in [-0.2, 0) is 17.8 Å². The van der Waals surface area contributed by atoms with Crippen LogP contribution in [0.3, 0.4) is 0 Å². The van der Waals surface area contributed by atoms with Gasteiger partial charge in [-0.05, 0) is 11.6 Å². The first-order valence-corrected chi connectivity index (χ1v) is 6.85. The van der Waals surface area contributed by atoms with Crippen LogP contribution in [-0.4, -0.2) is 31.1 Å². The summed E-state index contributed by atoms with van der Waals surface area (Å²) in [6.07, 6.45) is 1.50. The minimum absolute atomic E-state index is 0.383. The second-order valence-electron chi connectivity index (χ2n) is 4.73. The molecule has 21 heavy (non-hydrogen) atoms. The Bertz CT molecular complexity index is 566. The molecule has 0 atom stereocenters. The van der Waals surface area contributed by atoms with Crippen molar-refractivity contribution in [3.63, 3.8) is 0 Å². The fourth-order valence-electron chi connectivity index (χ4n) is 2.20. The molecule has 2 rings (SSSR count). The van der Waals surface area contributed by atoms with Gasteiger partial charge in [-0.1, -0.05) is 30.3 Å². The van der Waals surface area contributed by atoms with Gasteiger partial charge >= 0.3 is 5.97 Å². The SMILES string of the molecule is COC(=O)c1ccoc1CN(CCN)Cc1ccccc1. The van der Waals surface area contributed by atoms with Crippen LogP contribution in [0.15, 0.2) is 47.1 Å². The van der Waals surface area contributed by atoms with Crippen LogP contribution in [0.5, 0.6) is 0 Å². The summed E-state index contributed by atoms with van der Waals surface area (Å²) in [5, 5.41) is 0. The summed E-state index contributed by atoms with van der Waals surface area (Å²) in [5.41, 5.74) is 7.33. The monoisotopic (exact) mass is 288 g/mol. The predicted octanol–water partition coefficient (Wildman–Crippen LogP) is 2.03. The maximum atomic E-state index is 11.7. The molecule has 0 amide bonds. The number of benzene rings is 1. The van der Waals surface area contributed by atoms with E-state index >= 15 is 0 Å². The molecule has 1 aromatic heterocycles. The van der Waals surface area contributed by atoms with Gasteiger partial charge in [0.2, 0.25) is 0 Å². The van der Waals surface area contributed by atoms with Gasteiger partial charge in [-0.3, -0.25) is 4.90 Å². The molecule has 0 aliphatic heterocycles. The molecule has 0 bridgehead atoms. The van der Waals surface area contributed by atoms with Crippen molar-refractivity contribution in [1.29, 1.82) is 0 Å². The fourth-order valence-corrected chi connectivity index (χ4v) is 2.20. The van der Waals surface area contributed by atoms with E-state index < -0.39 is 0 Å². The number of carbonyl (C=O) groups is 1. The summed E-state index contributed by atoms with van der Waals surface area (Å²) in [6.45, 7) is 2.53. The molecule has 1 heterocycles. The molecule has 0 aliphatic carbocycles. The van der Waals surface area contributed by atoms with E-state index in [1.165, 1.54) is 18.9 Å². The zero-order valence-corrected chi connectivity index (χ0v) is 12.1. The van der Waals surface area contributed by atoms with Crippen molar-refractivity contribution in [2.24, 2.45) is 5.73 Å². The largest absolute Gasteiger partial charge is 0.467 e. The Morgan fingerprint density at radius 1 is 1.24 bits per heavy atom. The molecule has 0 saturated carbocycles. The third-order valence-corrected chi connectivity index (χ3v) is 3.21. The zero-order valence-electron chi connectivity index (χ0n) is 12.1. The molecule has 0 aliphatic rings. The van der Waals surface area contributed by atoms with Crippen LogP contribution >= 0.6 is 0 Å². The average molecular weight is 288 g/mol. The Labute approximate surface area is 124 Å². The first-order valence-electron chi connectivity index (χ1n) is 6.85. The van der Waals surface area contributed by atoms with Crippen molar-refractivity contribution >= 4 is 5.97 Å². The highest BCUT2D eigenvalue weighted by Crippen LogP contribution is 2.16.